The molecule has 1 heterocycles. The standard InChI is InChI=1S/C11H9F6N/c12-6-5-7(18-3-1-2-4-18)10(14)8(9(6)13)11(15,16)17/h5H,1-4H2. The van der Waals surface area contributed by atoms with E-state index in [1.54, 1.807) is 0 Å². The third-order valence-electron chi connectivity index (χ3n) is 2.87. The van der Waals surface area contributed by atoms with E-state index in [2.05, 4.69) is 0 Å². The van der Waals surface area contributed by atoms with E-state index in [0.29, 0.717) is 32.0 Å². The lowest BCUT2D eigenvalue weighted by molar-refractivity contribution is -0.142. The second kappa shape index (κ2) is 4.37. The highest BCUT2D eigenvalue weighted by Gasteiger charge is 2.41. The third-order valence-corrected chi connectivity index (χ3v) is 2.87. The Labute approximate surface area is 99.0 Å². The van der Waals surface area contributed by atoms with E-state index >= 15 is 0 Å². The van der Waals surface area contributed by atoms with Crippen LogP contribution in [0.15, 0.2) is 6.07 Å². The van der Waals surface area contributed by atoms with E-state index in [9.17, 15) is 26.3 Å². The van der Waals surface area contributed by atoms with Gasteiger partial charge in [0.2, 0.25) is 0 Å². The van der Waals surface area contributed by atoms with Crippen LogP contribution in [0.2, 0.25) is 0 Å². The summed E-state index contributed by atoms with van der Waals surface area (Å²) in [5.41, 5.74) is -2.69. The Bertz CT molecular complexity index is 462. The quantitative estimate of drug-likeness (QED) is 0.554. The van der Waals surface area contributed by atoms with Crippen LogP contribution in [0.5, 0.6) is 0 Å². The summed E-state index contributed by atoms with van der Waals surface area (Å²) in [5.74, 6) is -5.63. The number of anilines is 1. The average Bonchev–Trinajstić information content (AvgIpc) is 2.74. The second-order valence-corrected chi connectivity index (χ2v) is 4.07. The Kier molecular flexibility index (Phi) is 3.16. The van der Waals surface area contributed by atoms with E-state index in [1.807, 2.05) is 0 Å². The van der Waals surface area contributed by atoms with E-state index < -0.39 is 34.9 Å². The van der Waals surface area contributed by atoms with Crippen molar-refractivity contribution in [3.63, 3.8) is 0 Å². The van der Waals surface area contributed by atoms with Crippen molar-refractivity contribution in [2.75, 3.05) is 18.0 Å². The third kappa shape index (κ3) is 2.13. The highest BCUT2D eigenvalue weighted by atomic mass is 19.4. The van der Waals surface area contributed by atoms with Crippen LogP contribution in [0.4, 0.5) is 32.0 Å². The number of hydrogen-bond donors (Lipinski definition) is 0. The van der Waals surface area contributed by atoms with Gasteiger partial charge in [0.1, 0.15) is 5.56 Å². The lowest BCUT2D eigenvalue weighted by Crippen LogP contribution is -2.22. The molecular weight excluding hydrogens is 260 g/mol. The summed E-state index contributed by atoms with van der Waals surface area (Å²) in [6, 6.07) is 0.477. The molecule has 0 saturated carbocycles. The van der Waals surface area contributed by atoms with Crippen molar-refractivity contribution in [2.45, 2.75) is 19.0 Å². The van der Waals surface area contributed by atoms with Gasteiger partial charge >= 0.3 is 6.18 Å². The SMILES string of the molecule is Fc1cc(N2CCCC2)c(F)c(C(F)(F)F)c1F. The highest BCUT2D eigenvalue weighted by molar-refractivity contribution is 5.52. The van der Waals surface area contributed by atoms with Gasteiger partial charge in [-0.25, -0.2) is 13.2 Å². The van der Waals surface area contributed by atoms with E-state index in [-0.39, 0.29) is 0 Å². The van der Waals surface area contributed by atoms with Crippen LogP contribution >= 0.6 is 0 Å². The van der Waals surface area contributed by atoms with Crippen molar-refractivity contribution in [2.24, 2.45) is 0 Å². The zero-order valence-electron chi connectivity index (χ0n) is 9.12. The molecule has 0 N–H and O–H groups in total. The maximum atomic E-state index is 13.7. The molecule has 0 aliphatic carbocycles. The predicted molar refractivity (Wildman–Crippen MR) is 52.8 cm³/mol. The van der Waals surface area contributed by atoms with E-state index in [1.165, 1.54) is 4.90 Å². The Hall–Kier alpha value is -1.40. The first-order valence-electron chi connectivity index (χ1n) is 5.32. The molecular formula is C11H9F6N. The maximum absolute atomic E-state index is 13.7. The van der Waals surface area contributed by atoms with Gasteiger partial charge in [0.15, 0.2) is 17.5 Å². The molecule has 0 spiro atoms. The minimum absolute atomic E-state index is 0.333. The molecule has 2 rings (SSSR count). The van der Waals surface area contributed by atoms with Gasteiger partial charge in [0.25, 0.3) is 0 Å². The minimum Gasteiger partial charge on any atom is -0.369 e. The fourth-order valence-electron chi connectivity index (χ4n) is 2.03. The van der Waals surface area contributed by atoms with E-state index in [4.69, 9.17) is 0 Å². The number of hydrogen-bond acceptors (Lipinski definition) is 1. The molecule has 0 atom stereocenters. The van der Waals surface area contributed by atoms with Gasteiger partial charge < -0.3 is 4.90 Å². The largest absolute Gasteiger partial charge is 0.422 e. The maximum Gasteiger partial charge on any atom is 0.422 e. The molecule has 100 valence electrons. The lowest BCUT2D eigenvalue weighted by atomic mass is 10.1. The van der Waals surface area contributed by atoms with Crippen LogP contribution in [-0.4, -0.2) is 13.1 Å². The number of alkyl halides is 3. The molecule has 1 aliphatic rings. The smallest absolute Gasteiger partial charge is 0.369 e. The fourth-order valence-corrected chi connectivity index (χ4v) is 2.03. The highest BCUT2D eigenvalue weighted by Crippen LogP contribution is 2.38. The van der Waals surface area contributed by atoms with Crippen LogP contribution in [0, 0.1) is 17.5 Å². The second-order valence-electron chi connectivity index (χ2n) is 4.07. The summed E-state index contributed by atoms with van der Waals surface area (Å²) in [4.78, 5) is 1.28. The van der Waals surface area contributed by atoms with Gasteiger partial charge in [-0.2, -0.15) is 13.2 Å². The first-order chi connectivity index (χ1) is 8.32. The van der Waals surface area contributed by atoms with Crippen LogP contribution < -0.4 is 4.90 Å². The van der Waals surface area contributed by atoms with Crippen LogP contribution in [0.3, 0.4) is 0 Å². The van der Waals surface area contributed by atoms with Crippen LogP contribution in [0.25, 0.3) is 0 Å². The Morgan fingerprint density at radius 3 is 2.00 bits per heavy atom. The van der Waals surface area contributed by atoms with E-state index in [0.717, 1.165) is 0 Å². The first-order valence-corrected chi connectivity index (χ1v) is 5.32. The number of rotatable bonds is 1. The van der Waals surface area contributed by atoms with Crippen molar-refractivity contribution in [3.05, 3.63) is 29.1 Å². The molecule has 0 aromatic heterocycles. The van der Waals surface area contributed by atoms with Gasteiger partial charge in [-0.15, -0.1) is 0 Å². The molecule has 1 saturated heterocycles. The summed E-state index contributed by atoms with van der Waals surface area (Å²) in [7, 11) is 0. The van der Waals surface area contributed by atoms with Gasteiger partial charge in [0.05, 0.1) is 5.69 Å². The van der Waals surface area contributed by atoms with Gasteiger partial charge in [-0.3, -0.25) is 0 Å². The number of halogens is 6. The molecule has 1 aromatic carbocycles. The molecule has 0 amide bonds. The van der Waals surface area contributed by atoms with Crippen molar-refractivity contribution in [3.8, 4) is 0 Å². The van der Waals surface area contributed by atoms with Crippen LogP contribution in [0.1, 0.15) is 18.4 Å². The fraction of sp³-hybridized carbons (Fsp3) is 0.455. The van der Waals surface area contributed by atoms with Gasteiger partial charge in [-0.05, 0) is 12.8 Å². The predicted octanol–water partition coefficient (Wildman–Crippen LogP) is 3.72. The number of nitrogens with zero attached hydrogens (tertiary/aromatic N) is 1. The Morgan fingerprint density at radius 2 is 1.50 bits per heavy atom. The molecule has 1 nitrogen and oxygen atoms in total. The minimum atomic E-state index is -5.26. The molecule has 1 aromatic rings. The molecule has 1 fully saturated rings. The van der Waals surface area contributed by atoms with Gasteiger partial charge in [-0.1, -0.05) is 0 Å². The zero-order valence-corrected chi connectivity index (χ0v) is 9.12. The summed E-state index contributed by atoms with van der Waals surface area (Å²) in [6.07, 6.45) is -3.90. The Morgan fingerprint density at radius 1 is 0.944 bits per heavy atom. The normalized spacial score (nSPS) is 16.4. The monoisotopic (exact) mass is 269 g/mol. The molecule has 7 heteroatoms. The van der Waals surface area contributed by atoms with Crippen molar-refractivity contribution in [1.29, 1.82) is 0 Å². The zero-order chi connectivity index (χ0) is 13.5. The summed E-state index contributed by atoms with van der Waals surface area (Å²) < 4.78 is 77.4. The lowest BCUT2D eigenvalue weighted by Gasteiger charge is -2.21. The summed E-state index contributed by atoms with van der Waals surface area (Å²) in [6.45, 7) is 0.665. The molecule has 0 radical (unpaired) electrons. The van der Waals surface area contributed by atoms with Crippen molar-refractivity contribution >= 4 is 5.69 Å². The molecule has 0 bridgehead atoms. The van der Waals surface area contributed by atoms with Gasteiger partial charge in [0, 0.05) is 19.2 Å². The summed E-state index contributed by atoms with van der Waals surface area (Å²) in [5, 5.41) is 0. The van der Waals surface area contributed by atoms with Crippen LogP contribution in [-0.2, 0) is 6.18 Å². The van der Waals surface area contributed by atoms with Crippen molar-refractivity contribution < 1.29 is 26.3 Å². The number of benzene rings is 1. The van der Waals surface area contributed by atoms with Crippen molar-refractivity contribution in [1.82, 2.24) is 0 Å². The molecule has 1 aliphatic heterocycles. The Balaban J connectivity index is 2.59. The molecule has 0 unspecified atom stereocenters. The first kappa shape index (κ1) is 13.0. The average molecular weight is 269 g/mol. The molecule has 18 heavy (non-hydrogen) atoms. The summed E-state index contributed by atoms with van der Waals surface area (Å²) >= 11 is 0. The topological polar surface area (TPSA) is 3.24 Å².